The Kier molecular flexibility index (Phi) is 6.06. The zero-order valence-corrected chi connectivity index (χ0v) is 13.2. The molecule has 0 bridgehead atoms. The van der Waals surface area contributed by atoms with Crippen LogP contribution in [0.4, 0.5) is 0 Å². The van der Waals surface area contributed by atoms with Crippen molar-refractivity contribution >= 4 is 0 Å². The number of hydrogen-bond donors (Lipinski definition) is 1. The summed E-state index contributed by atoms with van der Waals surface area (Å²) in [5.41, 5.74) is 4.06. The van der Waals surface area contributed by atoms with Crippen molar-refractivity contribution in [3.8, 4) is 0 Å². The molecule has 2 rings (SSSR count). The largest absolute Gasteiger partial charge is 0.379 e. The van der Waals surface area contributed by atoms with Gasteiger partial charge in [-0.15, -0.1) is 0 Å². The van der Waals surface area contributed by atoms with E-state index < -0.39 is 0 Å². The topological polar surface area (TPSA) is 21.3 Å². The molecule has 1 N–H and O–H groups in total. The standard InChI is InChI=1S/C18H29NO/c1-4-19-18(13-20-12-16-7-5-6-8-16)17-11-14(2)9-10-15(17)3/h9-11,16,18-19H,4-8,12-13H2,1-3H3. The van der Waals surface area contributed by atoms with E-state index in [1.54, 1.807) is 0 Å². The van der Waals surface area contributed by atoms with Gasteiger partial charge in [-0.1, -0.05) is 43.5 Å². The van der Waals surface area contributed by atoms with Gasteiger partial charge < -0.3 is 10.1 Å². The Hall–Kier alpha value is -0.860. The molecule has 0 spiro atoms. The zero-order valence-electron chi connectivity index (χ0n) is 13.2. The Morgan fingerprint density at radius 2 is 2.00 bits per heavy atom. The van der Waals surface area contributed by atoms with Gasteiger partial charge >= 0.3 is 0 Å². The van der Waals surface area contributed by atoms with Crippen molar-refractivity contribution < 1.29 is 4.74 Å². The number of nitrogens with one attached hydrogen (secondary N) is 1. The van der Waals surface area contributed by atoms with Crippen LogP contribution in [-0.4, -0.2) is 19.8 Å². The summed E-state index contributed by atoms with van der Waals surface area (Å²) in [6.45, 7) is 9.21. The number of rotatable bonds is 7. The van der Waals surface area contributed by atoms with E-state index in [0.29, 0.717) is 6.04 Å². The van der Waals surface area contributed by atoms with Gasteiger partial charge in [-0.25, -0.2) is 0 Å². The maximum Gasteiger partial charge on any atom is 0.0661 e. The second-order valence-electron chi connectivity index (χ2n) is 6.16. The minimum Gasteiger partial charge on any atom is -0.379 e. The summed E-state index contributed by atoms with van der Waals surface area (Å²) >= 11 is 0. The molecule has 2 heteroatoms. The molecule has 20 heavy (non-hydrogen) atoms. The highest BCUT2D eigenvalue weighted by atomic mass is 16.5. The molecule has 1 unspecified atom stereocenters. The van der Waals surface area contributed by atoms with E-state index in [4.69, 9.17) is 4.74 Å². The monoisotopic (exact) mass is 275 g/mol. The van der Waals surface area contributed by atoms with Crippen molar-refractivity contribution in [1.82, 2.24) is 5.32 Å². The fourth-order valence-corrected chi connectivity index (χ4v) is 3.17. The molecule has 1 saturated carbocycles. The van der Waals surface area contributed by atoms with Gasteiger partial charge in [0.25, 0.3) is 0 Å². The summed E-state index contributed by atoms with van der Waals surface area (Å²) in [5.74, 6) is 0.802. The average Bonchev–Trinajstić information content (AvgIpc) is 2.94. The number of ether oxygens (including phenoxy) is 1. The lowest BCUT2D eigenvalue weighted by atomic mass is 9.99. The van der Waals surface area contributed by atoms with Crippen molar-refractivity contribution in [2.75, 3.05) is 19.8 Å². The Morgan fingerprint density at radius 3 is 2.70 bits per heavy atom. The van der Waals surface area contributed by atoms with Gasteiger partial charge in [0.15, 0.2) is 0 Å². The molecule has 1 aromatic rings. The van der Waals surface area contributed by atoms with Crippen LogP contribution < -0.4 is 5.32 Å². The Bertz CT molecular complexity index is 410. The molecule has 0 heterocycles. The summed E-state index contributed by atoms with van der Waals surface area (Å²) in [4.78, 5) is 0. The Balaban J connectivity index is 1.93. The first kappa shape index (κ1) is 15.5. The highest BCUT2D eigenvalue weighted by molar-refractivity contribution is 5.33. The summed E-state index contributed by atoms with van der Waals surface area (Å²) in [5, 5.41) is 3.57. The minimum atomic E-state index is 0.321. The van der Waals surface area contributed by atoms with E-state index in [1.807, 2.05) is 0 Å². The molecule has 1 atom stereocenters. The second-order valence-corrected chi connectivity index (χ2v) is 6.16. The fourth-order valence-electron chi connectivity index (χ4n) is 3.17. The Labute approximate surface area is 123 Å². The summed E-state index contributed by atoms with van der Waals surface area (Å²) in [6, 6.07) is 7.01. The molecule has 1 aromatic carbocycles. The number of aryl methyl sites for hydroxylation is 2. The molecule has 1 fully saturated rings. The van der Waals surface area contributed by atoms with Crippen LogP contribution in [0.15, 0.2) is 18.2 Å². The van der Waals surface area contributed by atoms with Crippen LogP contribution in [0.1, 0.15) is 55.3 Å². The molecule has 0 radical (unpaired) electrons. The normalized spacial score (nSPS) is 17.6. The quantitative estimate of drug-likeness (QED) is 0.806. The van der Waals surface area contributed by atoms with E-state index in [-0.39, 0.29) is 0 Å². The van der Waals surface area contributed by atoms with Gasteiger partial charge in [0.1, 0.15) is 0 Å². The van der Waals surface area contributed by atoms with Crippen molar-refractivity contribution in [3.05, 3.63) is 34.9 Å². The van der Waals surface area contributed by atoms with Crippen molar-refractivity contribution in [2.45, 2.75) is 52.5 Å². The van der Waals surface area contributed by atoms with Crippen LogP contribution in [0.25, 0.3) is 0 Å². The molecule has 0 aromatic heterocycles. The predicted molar refractivity (Wildman–Crippen MR) is 85.1 cm³/mol. The smallest absolute Gasteiger partial charge is 0.0661 e. The molecular formula is C18H29NO. The summed E-state index contributed by atoms with van der Waals surface area (Å²) < 4.78 is 6.02. The highest BCUT2D eigenvalue weighted by Crippen LogP contribution is 2.25. The van der Waals surface area contributed by atoms with Crippen molar-refractivity contribution in [3.63, 3.8) is 0 Å². The zero-order chi connectivity index (χ0) is 14.4. The van der Waals surface area contributed by atoms with E-state index in [0.717, 1.165) is 25.7 Å². The van der Waals surface area contributed by atoms with Gasteiger partial charge in [0, 0.05) is 6.61 Å². The van der Waals surface area contributed by atoms with Crippen molar-refractivity contribution in [2.24, 2.45) is 5.92 Å². The maximum atomic E-state index is 6.02. The molecule has 0 saturated heterocycles. The van der Waals surface area contributed by atoms with Crippen LogP contribution in [0, 0.1) is 19.8 Å². The number of likely N-dealkylation sites (N-methyl/N-ethyl adjacent to an activating group) is 1. The lowest BCUT2D eigenvalue weighted by Crippen LogP contribution is -2.27. The van der Waals surface area contributed by atoms with Crippen LogP contribution in [0.5, 0.6) is 0 Å². The molecule has 2 nitrogen and oxygen atoms in total. The molecule has 1 aliphatic rings. The van der Waals surface area contributed by atoms with E-state index in [2.05, 4.69) is 44.3 Å². The first-order valence-corrected chi connectivity index (χ1v) is 8.09. The van der Waals surface area contributed by atoms with Gasteiger partial charge in [-0.3, -0.25) is 0 Å². The number of hydrogen-bond acceptors (Lipinski definition) is 2. The molecular weight excluding hydrogens is 246 g/mol. The SMILES string of the molecule is CCNC(COCC1CCCC1)c1cc(C)ccc1C. The van der Waals surface area contributed by atoms with Gasteiger partial charge in [-0.05, 0) is 50.3 Å². The number of benzene rings is 1. The van der Waals surface area contributed by atoms with Gasteiger partial charge in [0.2, 0.25) is 0 Å². The molecule has 0 aliphatic heterocycles. The lowest BCUT2D eigenvalue weighted by molar-refractivity contribution is 0.0830. The first-order chi connectivity index (χ1) is 9.70. The Morgan fingerprint density at radius 1 is 1.25 bits per heavy atom. The van der Waals surface area contributed by atoms with E-state index >= 15 is 0 Å². The van der Waals surface area contributed by atoms with Crippen LogP contribution in [-0.2, 0) is 4.74 Å². The molecule has 0 amide bonds. The second kappa shape index (κ2) is 7.80. The summed E-state index contributed by atoms with van der Waals surface area (Å²) in [6.07, 6.45) is 5.49. The van der Waals surface area contributed by atoms with Gasteiger partial charge in [0.05, 0.1) is 12.6 Å². The minimum absolute atomic E-state index is 0.321. The molecule has 112 valence electrons. The third-order valence-electron chi connectivity index (χ3n) is 4.37. The van der Waals surface area contributed by atoms with E-state index in [9.17, 15) is 0 Å². The third-order valence-corrected chi connectivity index (χ3v) is 4.37. The lowest BCUT2D eigenvalue weighted by Gasteiger charge is -2.22. The average molecular weight is 275 g/mol. The highest BCUT2D eigenvalue weighted by Gasteiger charge is 2.17. The predicted octanol–water partition coefficient (Wildman–Crippen LogP) is 4.16. The van der Waals surface area contributed by atoms with Crippen molar-refractivity contribution in [1.29, 1.82) is 0 Å². The van der Waals surface area contributed by atoms with Crippen LogP contribution in [0.2, 0.25) is 0 Å². The fraction of sp³-hybridized carbons (Fsp3) is 0.667. The third kappa shape index (κ3) is 4.32. The van der Waals surface area contributed by atoms with Crippen LogP contribution in [0.3, 0.4) is 0 Å². The summed E-state index contributed by atoms with van der Waals surface area (Å²) in [7, 11) is 0. The van der Waals surface area contributed by atoms with E-state index in [1.165, 1.54) is 42.4 Å². The van der Waals surface area contributed by atoms with Gasteiger partial charge in [-0.2, -0.15) is 0 Å². The van der Waals surface area contributed by atoms with Crippen LogP contribution >= 0.6 is 0 Å². The first-order valence-electron chi connectivity index (χ1n) is 8.09. The molecule has 1 aliphatic carbocycles. The maximum absolute atomic E-state index is 6.02.